The van der Waals surface area contributed by atoms with Crippen molar-refractivity contribution in [3.05, 3.63) is 72.9 Å². The van der Waals surface area contributed by atoms with Crippen LogP contribution in [0.5, 0.6) is 0 Å². The third-order valence-electron chi connectivity index (χ3n) is 4.28. The van der Waals surface area contributed by atoms with Gasteiger partial charge in [0.25, 0.3) is 0 Å². The number of aliphatic hydroxyl groups is 1. The van der Waals surface area contributed by atoms with Gasteiger partial charge in [0.2, 0.25) is 11.8 Å². The molecule has 0 aliphatic heterocycles. The maximum atomic E-state index is 11.6. The molecule has 0 saturated carbocycles. The lowest BCUT2D eigenvalue weighted by Crippen LogP contribution is -2.33. The van der Waals surface area contributed by atoms with Gasteiger partial charge in [-0.1, -0.05) is 36.9 Å². The molecule has 8 nitrogen and oxygen atoms in total. The number of carbonyl (C=O) groups is 3. The topological polar surface area (TPSA) is 120 Å². The first kappa shape index (κ1) is 24.4. The van der Waals surface area contributed by atoms with Crippen molar-refractivity contribution in [2.45, 2.75) is 0 Å². The molecule has 0 atom stereocenters. The molecule has 0 bridgehead atoms. The van der Waals surface area contributed by atoms with Crippen molar-refractivity contribution < 1.29 is 19.5 Å². The van der Waals surface area contributed by atoms with Crippen molar-refractivity contribution >= 4 is 34.6 Å². The van der Waals surface area contributed by atoms with Crippen molar-refractivity contribution in [2.75, 3.05) is 32.1 Å². The molecule has 0 saturated heterocycles. The lowest BCUT2D eigenvalue weighted by molar-refractivity contribution is -0.120. The second-order valence-corrected chi connectivity index (χ2v) is 6.60. The summed E-state index contributed by atoms with van der Waals surface area (Å²) in [6.07, 6.45) is 1.96. The van der Waals surface area contributed by atoms with Crippen LogP contribution in [-0.2, 0) is 9.59 Å². The Balaban J connectivity index is 0.000000344. The van der Waals surface area contributed by atoms with Gasteiger partial charge in [0, 0.05) is 23.2 Å². The van der Waals surface area contributed by atoms with E-state index in [1.54, 1.807) is 19.2 Å². The molecule has 8 heteroatoms. The number of amides is 2. The zero-order valence-corrected chi connectivity index (χ0v) is 17.8. The normalized spacial score (nSPS) is 9.94. The number of benzene rings is 2. The SMILES string of the molecule is C=CC(=O)Nc1cccc2ccc(-c3cccc(C=O)n3)cc12.CNCC(=O)NCCO. The van der Waals surface area contributed by atoms with Gasteiger partial charge >= 0.3 is 0 Å². The number of likely N-dealkylation sites (N-methyl/N-ethyl adjacent to an activating group) is 1. The summed E-state index contributed by atoms with van der Waals surface area (Å²) in [5.74, 6) is -0.351. The van der Waals surface area contributed by atoms with Crippen LogP contribution < -0.4 is 16.0 Å². The smallest absolute Gasteiger partial charge is 0.247 e. The molecule has 0 radical (unpaired) electrons. The average Bonchev–Trinajstić information content (AvgIpc) is 2.83. The number of rotatable bonds is 8. The Bertz CT molecular complexity index is 1100. The van der Waals surface area contributed by atoms with Gasteiger partial charge in [-0.25, -0.2) is 4.98 Å². The van der Waals surface area contributed by atoms with E-state index in [4.69, 9.17) is 5.11 Å². The maximum absolute atomic E-state index is 11.6. The van der Waals surface area contributed by atoms with E-state index in [2.05, 4.69) is 27.5 Å². The summed E-state index contributed by atoms with van der Waals surface area (Å²) < 4.78 is 0. The summed E-state index contributed by atoms with van der Waals surface area (Å²) in [6, 6.07) is 16.8. The highest BCUT2D eigenvalue weighted by molar-refractivity contribution is 6.06. The highest BCUT2D eigenvalue weighted by Gasteiger charge is 2.07. The van der Waals surface area contributed by atoms with E-state index >= 15 is 0 Å². The quantitative estimate of drug-likeness (QED) is 0.319. The van der Waals surface area contributed by atoms with E-state index in [0.717, 1.165) is 22.6 Å². The highest BCUT2D eigenvalue weighted by atomic mass is 16.3. The van der Waals surface area contributed by atoms with Crippen molar-refractivity contribution in [2.24, 2.45) is 0 Å². The first-order valence-electron chi connectivity index (χ1n) is 9.93. The Hall–Kier alpha value is -3.88. The number of aliphatic hydroxyl groups excluding tert-OH is 1. The van der Waals surface area contributed by atoms with Crippen LogP contribution in [0.2, 0.25) is 0 Å². The molecule has 1 heterocycles. The second kappa shape index (κ2) is 12.7. The molecular weight excluding hydrogens is 408 g/mol. The Kier molecular flexibility index (Phi) is 9.70. The minimum absolute atomic E-state index is 0.00451. The molecule has 4 N–H and O–H groups in total. The third-order valence-corrected chi connectivity index (χ3v) is 4.28. The number of aldehydes is 1. The Morgan fingerprint density at radius 2 is 1.91 bits per heavy atom. The first-order valence-corrected chi connectivity index (χ1v) is 9.93. The number of carbonyl (C=O) groups excluding carboxylic acids is 3. The lowest BCUT2D eigenvalue weighted by Gasteiger charge is -2.09. The van der Waals surface area contributed by atoms with Crippen molar-refractivity contribution in [1.82, 2.24) is 15.6 Å². The summed E-state index contributed by atoms with van der Waals surface area (Å²) in [4.78, 5) is 37.3. The number of hydrogen-bond acceptors (Lipinski definition) is 6. The summed E-state index contributed by atoms with van der Waals surface area (Å²) in [5.41, 5.74) is 2.68. The molecule has 0 aliphatic rings. The van der Waals surface area contributed by atoms with Crippen LogP contribution in [0.1, 0.15) is 10.5 Å². The average molecular weight is 434 g/mol. The second-order valence-electron chi connectivity index (χ2n) is 6.60. The fourth-order valence-electron chi connectivity index (χ4n) is 2.82. The zero-order valence-electron chi connectivity index (χ0n) is 17.8. The van der Waals surface area contributed by atoms with E-state index in [-0.39, 0.29) is 18.4 Å². The lowest BCUT2D eigenvalue weighted by atomic mass is 10.0. The number of aromatic nitrogens is 1. The minimum Gasteiger partial charge on any atom is -0.395 e. The fourth-order valence-corrected chi connectivity index (χ4v) is 2.82. The fraction of sp³-hybridized carbons (Fsp3) is 0.167. The molecule has 0 unspecified atom stereocenters. The molecule has 0 spiro atoms. The van der Waals surface area contributed by atoms with Crippen LogP contribution in [0.4, 0.5) is 5.69 Å². The Morgan fingerprint density at radius 3 is 2.59 bits per heavy atom. The van der Waals surface area contributed by atoms with Crippen LogP contribution in [0.25, 0.3) is 22.0 Å². The summed E-state index contributed by atoms with van der Waals surface area (Å²) >= 11 is 0. The molecule has 166 valence electrons. The maximum Gasteiger partial charge on any atom is 0.247 e. The number of pyridine rings is 1. The molecule has 2 aromatic carbocycles. The van der Waals surface area contributed by atoms with Crippen LogP contribution >= 0.6 is 0 Å². The van der Waals surface area contributed by atoms with E-state index in [1.807, 2.05) is 42.5 Å². The largest absolute Gasteiger partial charge is 0.395 e. The number of nitrogens with one attached hydrogen (secondary N) is 3. The highest BCUT2D eigenvalue weighted by Crippen LogP contribution is 2.28. The molecule has 0 fully saturated rings. The number of anilines is 1. The predicted molar refractivity (Wildman–Crippen MR) is 125 cm³/mol. The van der Waals surface area contributed by atoms with Crippen molar-refractivity contribution in [3.63, 3.8) is 0 Å². The van der Waals surface area contributed by atoms with E-state index in [1.165, 1.54) is 6.08 Å². The van der Waals surface area contributed by atoms with Gasteiger partial charge < -0.3 is 21.1 Å². The van der Waals surface area contributed by atoms with Crippen LogP contribution in [0, 0.1) is 0 Å². The number of fused-ring (bicyclic) bond motifs is 1. The predicted octanol–water partition coefficient (Wildman–Crippen LogP) is 2.15. The van der Waals surface area contributed by atoms with Gasteiger partial charge in [-0.05, 0) is 42.8 Å². The van der Waals surface area contributed by atoms with Gasteiger partial charge in [-0.3, -0.25) is 14.4 Å². The molecule has 3 rings (SSSR count). The molecule has 32 heavy (non-hydrogen) atoms. The van der Waals surface area contributed by atoms with Crippen LogP contribution in [-0.4, -0.2) is 54.9 Å². The molecular formula is C24H26N4O4. The van der Waals surface area contributed by atoms with Gasteiger partial charge in [-0.2, -0.15) is 0 Å². The van der Waals surface area contributed by atoms with Gasteiger partial charge in [0.1, 0.15) is 5.69 Å². The van der Waals surface area contributed by atoms with Gasteiger partial charge in [-0.15, -0.1) is 0 Å². The van der Waals surface area contributed by atoms with E-state index in [0.29, 0.717) is 30.2 Å². The van der Waals surface area contributed by atoms with Crippen LogP contribution in [0.3, 0.4) is 0 Å². The number of hydrogen-bond donors (Lipinski definition) is 4. The monoisotopic (exact) mass is 434 g/mol. The van der Waals surface area contributed by atoms with E-state index < -0.39 is 0 Å². The summed E-state index contributed by atoms with van der Waals surface area (Å²) in [6.45, 7) is 4.10. The summed E-state index contributed by atoms with van der Waals surface area (Å²) in [7, 11) is 1.69. The van der Waals surface area contributed by atoms with Crippen LogP contribution in [0.15, 0.2) is 67.3 Å². The van der Waals surface area contributed by atoms with Crippen molar-refractivity contribution in [1.29, 1.82) is 0 Å². The Morgan fingerprint density at radius 1 is 1.12 bits per heavy atom. The molecule has 3 aromatic rings. The molecule has 2 amide bonds. The Labute approximate surface area is 186 Å². The van der Waals surface area contributed by atoms with Gasteiger partial charge in [0.05, 0.1) is 18.8 Å². The molecule has 0 aliphatic carbocycles. The summed E-state index contributed by atoms with van der Waals surface area (Å²) in [5, 5.41) is 18.1. The zero-order chi connectivity index (χ0) is 23.3. The van der Waals surface area contributed by atoms with E-state index in [9.17, 15) is 14.4 Å². The third kappa shape index (κ3) is 7.12. The van der Waals surface area contributed by atoms with Crippen molar-refractivity contribution in [3.8, 4) is 11.3 Å². The number of nitrogens with zero attached hydrogens (tertiary/aromatic N) is 1. The first-order chi connectivity index (χ1) is 15.5. The minimum atomic E-state index is -0.260. The van der Waals surface area contributed by atoms with Gasteiger partial charge in [0.15, 0.2) is 6.29 Å². The standard InChI is InChI=1S/C19H14N2O2.C5H12N2O2/c1-2-19(23)21-18-8-3-5-13-9-10-14(11-16(13)18)17-7-4-6-15(12-22)20-17;1-6-4-5(9)7-2-3-8/h2-12H,1H2,(H,21,23);6,8H,2-4H2,1H3,(H,7,9). The molecule has 1 aromatic heterocycles.